The number of nitrogens with two attached hydrogens (primary N) is 1. The van der Waals surface area contributed by atoms with Gasteiger partial charge in [-0.15, -0.1) is 3.74 Å². The zero-order valence-electron chi connectivity index (χ0n) is 2.59. The summed E-state index contributed by atoms with van der Waals surface area (Å²) in [6.45, 7) is 0. The number of hydrogen-bond acceptors (Lipinski definition) is 3. The maximum absolute atomic E-state index is 9.42. The molecule has 0 saturated carbocycles. The molecule has 0 amide bonds. The van der Waals surface area contributed by atoms with Crippen molar-refractivity contribution in [3.05, 3.63) is 0 Å². The molecule has 0 rings (SSSR count). The molecular formula is H3ClLiNO3S. The van der Waals surface area contributed by atoms with Gasteiger partial charge in [0.25, 0.3) is 0 Å². The van der Waals surface area contributed by atoms with Crippen molar-refractivity contribution in [2.45, 2.75) is 0 Å². The molecule has 0 aliphatic rings. The van der Waals surface area contributed by atoms with E-state index >= 15 is 0 Å². The second-order valence-corrected chi connectivity index (χ2v) is 2.05. The molecule has 0 unspecified atom stereocenters. The van der Waals surface area contributed by atoms with E-state index in [0.717, 1.165) is 0 Å². The Morgan fingerprint density at radius 1 is 1.57 bits per heavy atom. The Kier molecular flexibility index (Phi) is 5.68. The summed E-state index contributed by atoms with van der Waals surface area (Å²) in [5.74, 6) is 0. The number of halogens is 1. The molecule has 0 saturated heterocycles. The van der Waals surface area contributed by atoms with Crippen LogP contribution in [0.15, 0.2) is 0 Å². The summed E-state index contributed by atoms with van der Waals surface area (Å²) in [5.41, 5.74) is 0. The third kappa shape index (κ3) is 10.8. The first-order valence-electron chi connectivity index (χ1n) is 0.890. The van der Waals surface area contributed by atoms with E-state index in [0.29, 0.717) is 0 Å². The zero-order valence-corrected chi connectivity index (χ0v) is 4.16. The van der Waals surface area contributed by atoms with Gasteiger partial charge in [0, 0.05) is 0 Å². The second kappa shape index (κ2) is 3.72. The first-order valence-corrected chi connectivity index (χ1v) is 2.67. The molecule has 0 fully saturated rings. The van der Waals surface area contributed by atoms with Crippen LogP contribution < -0.4 is 5.14 Å². The van der Waals surface area contributed by atoms with E-state index in [-0.39, 0.29) is 18.9 Å². The van der Waals surface area contributed by atoms with Gasteiger partial charge in [0.05, 0.1) is 11.9 Å². The van der Waals surface area contributed by atoms with Crippen molar-refractivity contribution in [3.63, 3.8) is 0 Å². The minimum atomic E-state index is -3.90. The summed E-state index contributed by atoms with van der Waals surface area (Å²) in [5, 5.41) is 4.15. The van der Waals surface area contributed by atoms with E-state index in [1.165, 1.54) is 0 Å². The van der Waals surface area contributed by atoms with Crippen molar-refractivity contribution >= 4 is 41.0 Å². The Bertz CT molecular complexity index is 117. The van der Waals surface area contributed by atoms with Crippen molar-refractivity contribution in [2.24, 2.45) is 5.14 Å². The summed E-state index contributed by atoms with van der Waals surface area (Å²) >= 11 is 4.26. The van der Waals surface area contributed by atoms with E-state index in [9.17, 15) is 8.42 Å². The topological polar surface area (TPSA) is 69.4 Å². The van der Waals surface area contributed by atoms with Crippen LogP contribution in [0.25, 0.3) is 0 Å². The van der Waals surface area contributed by atoms with E-state index in [4.69, 9.17) is 0 Å². The van der Waals surface area contributed by atoms with E-state index in [1.807, 2.05) is 0 Å². The van der Waals surface area contributed by atoms with Crippen molar-refractivity contribution in [3.8, 4) is 0 Å². The summed E-state index contributed by atoms with van der Waals surface area (Å²) in [7, 11) is -3.90. The Morgan fingerprint density at radius 2 is 1.71 bits per heavy atom. The fraction of sp³-hybridized carbons (Fsp3) is 0. The number of hydrogen-bond donors (Lipinski definition) is 1. The van der Waals surface area contributed by atoms with Gasteiger partial charge in [0.2, 0.25) is 0 Å². The average molecular weight is 139 g/mol. The van der Waals surface area contributed by atoms with Gasteiger partial charge in [-0.25, -0.2) is 5.14 Å². The van der Waals surface area contributed by atoms with Crippen molar-refractivity contribution in [1.29, 1.82) is 0 Å². The van der Waals surface area contributed by atoms with Gasteiger partial charge in [-0.3, -0.25) is 0 Å². The molecule has 0 aliphatic carbocycles. The van der Waals surface area contributed by atoms with Gasteiger partial charge >= 0.3 is 29.2 Å². The SMILES string of the molecule is NS(=O)(=O)OCl.[LiH]. The van der Waals surface area contributed by atoms with Crippen LogP contribution in [0.4, 0.5) is 0 Å². The Labute approximate surface area is 58.6 Å². The summed E-state index contributed by atoms with van der Waals surface area (Å²) < 4.78 is 22.0. The molecule has 0 aromatic carbocycles. The van der Waals surface area contributed by atoms with Crippen molar-refractivity contribution in [1.82, 2.24) is 0 Å². The van der Waals surface area contributed by atoms with Crippen LogP contribution in [0.5, 0.6) is 0 Å². The zero-order chi connectivity index (χ0) is 5.21. The molecule has 0 aromatic rings. The molecule has 40 valence electrons. The normalized spacial score (nSPS) is 10.0. The van der Waals surface area contributed by atoms with Gasteiger partial charge in [-0.2, -0.15) is 8.42 Å². The first kappa shape index (κ1) is 10.7. The summed E-state index contributed by atoms with van der Waals surface area (Å²) in [4.78, 5) is 0. The van der Waals surface area contributed by atoms with Crippen molar-refractivity contribution < 1.29 is 12.2 Å². The molecule has 0 atom stereocenters. The Balaban J connectivity index is 0. The molecule has 0 radical (unpaired) electrons. The fourth-order valence-electron chi connectivity index (χ4n) is 0. The fourth-order valence-corrected chi connectivity index (χ4v) is 0. The molecule has 2 N–H and O–H groups in total. The molecule has 7 heteroatoms. The Morgan fingerprint density at radius 3 is 1.71 bits per heavy atom. The van der Waals surface area contributed by atoms with Crippen LogP contribution >= 0.6 is 11.9 Å². The molecule has 0 spiro atoms. The number of rotatable bonds is 1. The third-order valence-electron chi connectivity index (χ3n) is 0.0878. The molecule has 0 aromatic heterocycles. The monoisotopic (exact) mass is 139 g/mol. The van der Waals surface area contributed by atoms with Gasteiger partial charge in [0.1, 0.15) is 0 Å². The second-order valence-electron chi connectivity index (χ2n) is 0.556. The molecule has 7 heavy (non-hydrogen) atoms. The van der Waals surface area contributed by atoms with Crippen LogP contribution in [0.1, 0.15) is 0 Å². The average Bonchev–Trinajstić information content (AvgIpc) is 1.35. The van der Waals surface area contributed by atoms with Crippen LogP contribution in [0, 0.1) is 0 Å². The van der Waals surface area contributed by atoms with Gasteiger partial charge in [0.15, 0.2) is 0 Å². The summed E-state index contributed by atoms with van der Waals surface area (Å²) in [6.07, 6.45) is 0. The molecule has 0 heterocycles. The van der Waals surface area contributed by atoms with Crippen molar-refractivity contribution in [2.75, 3.05) is 0 Å². The van der Waals surface area contributed by atoms with Crippen LogP contribution in [0.3, 0.4) is 0 Å². The van der Waals surface area contributed by atoms with E-state index < -0.39 is 10.3 Å². The first-order chi connectivity index (χ1) is 2.56. The van der Waals surface area contributed by atoms with Gasteiger partial charge in [-0.05, 0) is 0 Å². The Hall–Kier alpha value is 0.757. The molecule has 4 nitrogen and oxygen atoms in total. The van der Waals surface area contributed by atoms with Crippen LogP contribution in [-0.2, 0) is 14.0 Å². The standard InChI is InChI=1S/ClH2NO3S.Li.H/c1-5-6(2,3)4;;/h(H2,2,3,4);;. The summed E-state index contributed by atoms with van der Waals surface area (Å²) in [6, 6.07) is 0. The maximum atomic E-state index is 9.42. The van der Waals surface area contributed by atoms with Gasteiger partial charge in [-0.1, -0.05) is 0 Å². The van der Waals surface area contributed by atoms with E-state index in [2.05, 4.69) is 20.7 Å². The predicted molar refractivity (Wildman–Crippen MR) is 27.2 cm³/mol. The van der Waals surface area contributed by atoms with Crippen LogP contribution in [-0.4, -0.2) is 27.3 Å². The van der Waals surface area contributed by atoms with Gasteiger partial charge < -0.3 is 0 Å². The minimum absolute atomic E-state index is 0. The molecule has 0 bridgehead atoms. The quantitative estimate of drug-likeness (QED) is 0.460. The molecular weight excluding hydrogens is 136 g/mol. The third-order valence-corrected chi connectivity index (χ3v) is 0.790. The van der Waals surface area contributed by atoms with E-state index in [1.54, 1.807) is 0 Å². The predicted octanol–water partition coefficient (Wildman–Crippen LogP) is -1.29. The van der Waals surface area contributed by atoms with Crippen LogP contribution in [0.2, 0.25) is 0 Å². The molecule has 0 aliphatic heterocycles.